The van der Waals surface area contributed by atoms with Crippen molar-refractivity contribution in [2.24, 2.45) is 0 Å². The van der Waals surface area contributed by atoms with E-state index in [1.165, 1.54) is 18.2 Å². The Kier molecular flexibility index (Phi) is 8.34. The summed E-state index contributed by atoms with van der Waals surface area (Å²) in [7, 11) is 1.83. The Morgan fingerprint density at radius 3 is 2.20 bits per heavy atom. The first-order valence-electron chi connectivity index (χ1n) is 7.36. The molecule has 2 aromatic rings. The van der Waals surface area contributed by atoms with Crippen molar-refractivity contribution in [1.29, 1.82) is 0 Å². The summed E-state index contributed by atoms with van der Waals surface area (Å²) in [5, 5.41) is 6.15. The maximum Gasteiger partial charge on any atom is 0.573 e. The van der Waals surface area contributed by atoms with E-state index >= 15 is 0 Å². The van der Waals surface area contributed by atoms with Gasteiger partial charge in [0.1, 0.15) is 5.75 Å². The Morgan fingerprint density at radius 1 is 1.04 bits per heavy atom. The molecular formula is C18H20BrF3N2O. The van der Waals surface area contributed by atoms with Crippen LogP contribution in [0.2, 0.25) is 0 Å². The molecule has 136 valence electrons. The fourth-order valence-electron chi connectivity index (χ4n) is 2.16. The molecule has 0 amide bonds. The van der Waals surface area contributed by atoms with Crippen molar-refractivity contribution < 1.29 is 17.9 Å². The summed E-state index contributed by atoms with van der Waals surface area (Å²) in [6.45, 7) is 1.92. The first kappa shape index (κ1) is 20.9. The topological polar surface area (TPSA) is 33.3 Å². The number of hydrogen-bond donors (Lipinski definition) is 2. The van der Waals surface area contributed by atoms with E-state index in [9.17, 15) is 13.2 Å². The molecule has 0 aromatic heterocycles. The molecule has 0 radical (unpaired) electrons. The normalized spacial score (nSPS) is 11.2. The molecule has 2 rings (SSSR count). The van der Waals surface area contributed by atoms with E-state index in [2.05, 4.69) is 31.3 Å². The van der Waals surface area contributed by atoms with E-state index in [4.69, 9.17) is 0 Å². The second-order valence-electron chi connectivity index (χ2n) is 4.73. The van der Waals surface area contributed by atoms with Gasteiger partial charge in [0.25, 0.3) is 0 Å². The van der Waals surface area contributed by atoms with Crippen molar-refractivity contribution in [3.63, 3.8) is 0 Å². The Morgan fingerprint density at radius 2 is 1.64 bits per heavy atom. The number of nitrogens with one attached hydrogen (secondary N) is 2. The van der Waals surface area contributed by atoms with Gasteiger partial charge >= 0.3 is 6.36 Å². The Hall–Kier alpha value is -2.15. The van der Waals surface area contributed by atoms with Crippen LogP contribution in [0.4, 0.5) is 24.5 Å². The summed E-state index contributed by atoms with van der Waals surface area (Å²) in [6.07, 6.45) is -2.76. The van der Waals surface area contributed by atoms with Crippen molar-refractivity contribution >= 4 is 33.0 Å². The monoisotopic (exact) mass is 416 g/mol. The van der Waals surface area contributed by atoms with Crippen LogP contribution in [0.15, 0.2) is 54.6 Å². The third-order valence-corrected chi connectivity index (χ3v) is 3.09. The van der Waals surface area contributed by atoms with Gasteiger partial charge in [0.05, 0.1) is 0 Å². The van der Waals surface area contributed by atoms with Crippen molar-refractivity contribution in [3.05, 3.63) is 60.2 Å². The molecule has 0 spiro atoms. The maximum atomic E-state index is 12.3. The van der Waals surface area contributed by atoms with Crippen LogP contribution in [-0.4, -0.2) is 19.2 Å². The van der Waals surface area contributed by atoms with Crippen LogP contribution in [-0.2, 0) is 0 Å². The lowest BCUT2D eigenvalue weighted by molar-refractivity contribution is -0.274. The summed E-state index contributed by atoms with van der Waals surface area (Å²) in [5.41, 5.74) is 3.21. The summed E-state index contributed by atoms with van der Waals surface area (Å²) >= 11 is 2.94. The maximum absolute atomic E-state index is 12.3. The molecule has 0 bridgehead atoms. The lowest BCUT2D eigenvalue weighted by Crippen LogP contribution is -2.17. The minimum absolute atomic E-state index is 0.261. The average molecular weight is 417 g/mol. The van der Waals surface area contributed by atoms with Gasteiger partial charge in [-0.25, -0.2) is 0 Å². The molecule has 0 saturated carbocycles. The highest BCUT2D eigenvalue weighted by molar-refractivity contribution is 9.08. The lowest BCUT2D eigenvalue weighted by Gasteiger charge is -2.13. The number of anilines is 2. The second kappa shape index (κ2) is 9.98. The van der Waals surface area contributed by atoms with Crippen LogP contribution in [0, 0.1) is 0 Å². The van der Waals surface area contributed by atoms with E-state index in [1.54, 1.807) is 6.07 Å². The van der Waals surface area contributed by atoms with Crippen LogP contribution in [0.25, 0.3) is 5.70 Å². The minimum atomic E-state index is -4.70. The van der Waals surface area contributed by atoms with Gasteiger partial charge in [-0.05, 0) is 42.6 Å². The largest absolute Gasteiger partial charge is 0.573 e. The molecule has 0 aliphatic rings. The van der Waals surface area contributed by atoms with E-state index in [0.29, 0.717) is 5.69 Å². The van der Waals surface area contributed by atoms with Crippen molar-refractivity contribution in [2.75, 3.05) is 18.2 Å². The standard InChI is InChI=1S/C17H17F3N2O.CH3Br/c1-3-16(21-2)12-6-4-7-13(10-12)22-14-8-5-9-15(11-14)23-17(18,19)20;1-2/h3-11,21-22H,1-2H3;1H3/b16-3-;. The third kappa shape index (κ3) is 7.09. The average Bonchev–Trinajstić information content (AvgIpc) is 2.57. The molecule has 0 atom stereocenters. The first-order valence-corrected chi connectivity index (χ1v) is 8.95. The Labute approximate surface area is 154 Å². The van der Waals surface area contributed by atoms with E-state index in [0.717, 1.165) is 16.9 Å². The number of ether oxygens (including phenoxy) is 1. The molecule has 0 aliphatic heterocycles. The molecule has 2 N–H and O–H groups in total. The minimum Gasteiger partial charge on any atom is -0.406 e. The zero-order valence-corrected chi connectivity index (χ0v) is 15.7. The fraction of sp³-hybridized carbons (Fsp3) is 0.222. The van der Waals surface area contributed by atoms with Crippen LogP contribution in [0.3, 0.4) is 0 Å². The van der Waals surface area contributed by atoms with Crippen LogP contribution in [0.5, 0.6) is 5.75 Å². The van der Waals surface area contributed by atoms with Crippen molar-refractivity contribution in [1.82, 2.24) is 5.32 Å². The molecular weight excluding hydrogens is 397 g/mol. The second-order valence-corrected chi connectivity index (χ2v) is 4.73. The van der Waals surface area contributed by atoms with Crippen LogP contribution < -0.4 is 15.4 Å². The summed E-state index contributed by atoms with van der Waals surface area (Å²) in [6, 6.07) is 13.3. The quantitative estimate of drug-likeness (QED) is 0.593. The summed E-state index contributed by atoms with van der Waals surface area (Å²) in [4.78, 5) is 0. The number of halogens is 4. The highest BCUT2D eigenvalue weighted by atomic mass is 79.9. The fourth-order valence-corrected chi connectivity index (χ4v) is 2.16. The smallest absolute Gasteiger partial charge is 0.406 e. The molecule has 3 nitrogen and oxygen atoms in total. The van der Waals surface area contributed by atoms with Crippen LogP contribution >= 0.6 is 15.9 Å². The molecule has 0 unspecified atom stereocenters. The molecule has 7 heteroatoms. The van der Waals surface area contributed by atoms with Crippen molar-refractivity contribution in [2.45, 2.75) is 13.3 Å². The molecule has 25 heavy (non-hydrogen) atoms. The third-order valence-electron chi connectivity index (χ3n) is 3.09. The van der Waals surface area contributed by atoms with Gasteiger partial charge in [0.15, 0.2) is 0 Å². The number of rotatable bonds is 5. The molecule has 0 heterocycles. The van der Waals surface area contributed by atoms with Gasteiger partial charge in [-0.15, -0.1) is 13.2 Å². The Balaban J connectivity index is 0.00000151. The molecule has 0 saturated heterocycles. The predicted molar refractivity (Wildman–Crippen MR) is 100 cm³/mol. The highest BCUT2D eigenvalue weighted by Gasteiger charge is 2.31. The molecule has 2 aromatic carbocycles. The van der Waals surface area contributed by atoms with Crippen molar-refractivity contribution in [3.8, 4) is 5.75 Å². The van der Waals surface area contributed by atoms with E-state index in [-0.39, 0.29) is 5.75 Å². The van der Waals surface area contributed by atoms with Crippen LogP contribution in [0.1, 0.15) is 12.5 Å². The summed E-state index contributed by atoms with van der Waals surface area (Å²) in [5.74, 6) is 1.55. The zero-order chi connectivity index (χ0) is 18.9. The van der Waals surface area contributed by atoms with Gasteiger partial charge in [-0.2, -0.15) is 0 Å². The lowest BCUT2D eigenvalue weighted by atomic mass is 10.1. The van der Waals surface area contributed by atoms with Gasteiger partial charge in [-0.1, -0.05) is 40.2 Å². The van der Waals surface area contributed by atoms with Gasteiger partial charge in [-0.3, -0.25) is 0 Å². The summed E-state index contributed by atoms with van der Waals surface area (Å²) < 4.78 is 40.7. The number of alkyl halides is 4. The number of allylic oxidation sites excluding steroid dienone is 1. The van der Waals surface area contributed by atoms with Gasteiger partial charge in [0.2, 0.25) is 0 Å². The van der Waals surface area contributed by atoms with Gasteiger partial charge in [0, 0.05) is 30.2 Å². The van der Waals surface area contributed by atoms with Gasteiger partial charge < -0.3 is 15.4 Å². The van der Waals surface area contributed by atoms with E-state index < -0.39 is 6.36 Å². The SMILES string of the molecule is C/C=C(\NC)c1cccc(Nc2cccc(OC(F)(F)F)c2)c1.CBr. The number of benzene rings is 2. The number of hydrogen-bond acceptors (Lipinski definition) is 3. The molecule has 0 fully saturated rings. The highest BCUT2D eigenvalue weighted by Crippen LogP contribution is 2.27. The molecule has 0 aliphatic carbocycles. The zero-order valence-electron chi connectivity index (χ0n) is 14.1. The van der Waals surface area contributed by atoms with E-state index in [1.807, 2.05) is 50.1 Å². The first-order chi connectivity index (χ1) is 11.9. The predicted octanol–water partition coefficient (Wildman–Crippen LogP) is 5.92. The Bertz CT molecular complexity index is 703.